The zero-order valence-electron chi connectivity index (χ0n) is 17.2. The highest BCUT2D eigenvalue weighted by Crippen LogP contribution is 2.29. The van der Waals surface area contributed by atoms with Crippen molar-refractivity contribution in [3.05, 3.63) is 81.0 Å². The Morgan fingerprint density at radius 2 is 1.77 bits per heavy atom. The summed E-state index contributed by atoms with van der Waals surface area (Å²) >= 11 is 0. The van der Waals surface area contributed by atoms with Crippen LogP contribution >= 0.6 is 0 Å². The van der Waals surface area contributed by atoms with Gasteiger partial charge in [0, 0.05) is 6.92 Å². The molecule has 3 rings (SSSR count). The maximum absolute atomic E-state index is 13.1. The average Bonchev–Trinajstić information content (AvgIpc) is 2.73. The van der Waals surface area contributed by atoms with Crippen LogP contribution in [0.3, 0.4) is 0 Å². The zero-order chi connectivity index (χ0) is 21.8. The molecule has 0 fully saturated rings. The molecule has 3 aromatic rings. The topological polar surface area (TPSA) is 94.2 Å². The number of benzene rings is 2. The third-order valence-corrected chi connectivity index (χ3v) is 4.64. The lowest BCUT2D eigenvalue weighted by molar-refractivity contribution is 0.101. The third-order valence-electron chi connectivity index (χ3n) is 4.64. The van der Waals surface area contributed by atoms with Crippen LogP contribution in [0.15, 0.2) is 47.5 Å². The molecule has 0 aliphatic rings. The number of ether oxygens (including phenoxy) is 2. The van der Waals surface area contributed by atoms with Crippen LogP contribution in [0.2, 0.25) is 0 Å². The Bertz CT molecular complexity index is 1180. The van der Waals surface area contributed by atoms with Crippen molar-refractivity contribution in [1.29, 1.82) is 5.26 Å². The molecule has 0 aliphatic carbocycles. The van der Waals surface area contributed by atoms with Crippen LogP contribution in [0, 0.1) is 25.2 Å². The fraction of sp³-hybridized carbons (Fsp3) is 0.217. The molecule has 30 heavy (non-hydrogen) atoms. The van der Waals surface area contributed by atoms with Gasteiger partial charge < -0.3 is 9.47 Å². The Morgan fingerprint density at radius 3 is 2.30 bits per heavy atom. The van der Waals surface area contributed by atoms with Crippen molar-refractivity contribution >= 4 is 5.78 Å². The van der Waals surface area contributed by atoms with Gasteiger partial charge in [-0.15, -0.1) is 0 Å². The lowest BCUT2D eigenvalue weighted by atomic mass is 10.1. The number of carbonyl (C=O) groups is 1. The smallest absolute Gasteiger partial charge is 0.297 e. The predicted octanol–water partition coefficient (Wildman–Crippen LogP) is 3.78. The minimum atomic E-state index is -0.464. The van der Waals surface area contributed by atoms with Gasteiger partial charge in [-0.2, -0.15) is 5.26 Å². The molecule has 0 bridgehead atoms. The predicted molar refractivity (Wildman–Crippen MR) is 111 cm³/mol. The number of nitriles is 1. The number of ketones is 1. The first-order valence-electron chi connectivity index (χ1n) is 9.26. The molecule has 152 valence electrons. The van der Waals surface area contributed by atoms with E-state index in [0.717, 1.165) is 5.56 Å². The zero-order valence-corrected chi connectivity index (χ0v) is 17.2. The third kappa shape index (κ3) is 4.23. The molecule has 0 unspecified atom stereocenters. The first-order valence-corrected chi connectivity index (χ1v) is 9.26. The van der Waals surface area contributed by atoms with Crippen LogP contribution < -0.4 is 15.0 Å². The lowest BCUT2D eigenvalue weighted by Crippen LogP contribution is -2.25. The maximum atomic E-state index is 13.1. The van der Waals surface area contributed by atoms with E-state index in [4.69, 9.17) is 14.7 Å². The summed E-state index contributed by atoms with van der Waals surface area (Å²) < 4.78 is 12.5. The molecule has 0 spiro atoms. The molecule has 1 heterocycles. The van der Waals surface area contributed by atoms with E-state index in [9.17, 15) is 9.59 Å². The highest BCUT2D eigenvalue weighted by molar-refractivity contribution is 5.94. The highest BCUT2D eigenvalue weighted by Gasteiger charge is 2.20. The Morgan fingerprint density at radius 1 is 1.13 bits per heavy atom. The minimum absolute atomic E-state index is 0.0332. The van der Waals surface area contributed by atoms with E-state index in [0.29, 0.717) is 28.2 Å². The molecule has 7 nitrogen and oxygen atoms in total. The number of nitrogens with zero attached hydrogens (tertiary/aromatic N) is 3. The molecule has 2 aromatic carbocycles. The van der Waals surface area contributed by atoms with Crippen molar-refractivity contribution in [1.82, 2.24) is 9.55 Å². The van der Waals surface area contributed by atoms with E-state index < -0.39 is 5.56 Å². The van der Waals surface area contributed by atoms with Gasteiger partial charge in [0.1, 0.15) is 11.5 Å². The monoisotopic (exact) mass is 403 g/mol. The van der Waals surface area contributed by atoms with Gasteiger partial charge >= 0.3 is 0 Å². The molecule has 0 saturated carbocycles. The summed E-state index contributed by atoms with van der Waals surface area (Å²) in [6, 6.07) is 12.7. The van der Waals surface area contributed by atoms with Gasteiger partial charge in [-0.1, -0.05) is 12.1 Å². The fourth-order valence-electron chi connectivity index (χ4n) is 3.13. The number of aromatic nitrogens is 2. The van der Waals surface area contributed by atoms with E-state index in [2.05, 4.69) is 11.1 Å². The van der Waals surface area contributed by atoms with E-state index >= 15 is 0 Å². The molecule has 0 amide bonds. The standard InChI is InChI=1S/C23H21N3O4/c1-14-9-18(11-24)10-15(2)21(14)30-22-20(16(3)27)25-13-26(23(22)28)12-17-5-7-19(29-4)8-6-17/h5-10,13H,12H2,1-4H3. The first kappa shape index (κ1) is 20.8. The Hall–Kier alpha value is -3.92. The lowest BCUT2D eigenvalue weighted by Gasteiger charge is -2.15. The second-order valence-electron chi connectivity index (χ2n) is 6.91. The van der Waals surface area contributed by atoms with Gasteiger partial charge in [-0.3, -0.25) is 14.2 Å². The second-order valence-corrected chi connectivity index (χ2v) is 6.91. The summed E-state index contributed by atoms with van der Waals surface area (Å²) in [6.07, 6.45) is 1.34. The van der Waals surface area contributed by atoms with Crippen LogP contribution in [-0.2, 0) is 6.54 Å². The fourth-order valence-corrected chi connectivity index (χ4v) is 3.13. The number of aryl methyl sites for hydroxylation is 2. The van der Waals surface area contributed by atoms with E-state index in [1.54, 1.807) is 45.2 Å². The number of carbonyl (C=O) groups excluding carboxylic acids is 1. The van der Waals surface area contributed by atoms with Gasteiger partial charge in [0.2, 0.25) is 5.75 Å². The van der Waals surface area contributed by atoms with Crippen molar-refractivity contribution in [3.63, 3.8) is 0 Å². The van der Waals surface area contributed by atoms with Crippen LogP contribution in [0.5, 0.6) is 17.2 Å². The molecule has 0 aliphatic heterocycles. The van der Waals surface area contributed by atoms with E-state index in [1.807, 2.05) is 12.1 Å². The molecule has 0 saturated heterocycles. The summed E-state index contributed by atoms with van der Waals surface area (Å²) in [6.45, 7) is 5.16. The molecular weight excluding hydrogens is 382 g/mol. The summed E-state index contributed by atoms with van der Waals surface area (Å²) in [5.41, 5.74) is 2.24. The van der Waals surface area contributed by atoms with Gasteiger partial charge in [0.15, 0.2) is 11.5 Å². The summed E-state index contributed by atoms with van der Waals surface area (Å²) in [7, 11) is 1.58. The molecule has 7 heteroatoms. The number of methoxy groups -OCH3 is 1. The number of hydrogen-bond donors (Lipinski definition) is 0. The Kier molecular flexibility index (Phi) is 5.98. The number of rotatable bonds is 6. The van der Waals surface area contributed by atoms with E-state index in [1.165, 1.54) is 17.8 Å². The quantitative estimate of drug-likeness (QED) is 0.581. The van der Waals surface area contributed by atoms with Crippen LogP contribution in [-0.4, -0.2) is 22.4 Å². The summed E-state index contributed by atoms with van der Waals surface area (Å²) in [5, 5.41) is 9.13. The van der Waals surface area contributed by atoms with Gasteiger partial charge in [0.05, 0.1) is 31.6 Å². The van der Waals surface area contributed by atoms with Gasteiger partial charge in [0.25, 0.3) is 5.56 Å². The largest absolute Gasteiger partial charge is 0.497 e. The van der Waals surface area contributed by atoms with Crippen molar-refractivity contribution in [3.8, 4) is 23.3 Å². The van der Waals surface area contributed by atoms with Gasteiger partial charge in [-0.05, 0) is 54.8 Å². The average molecular weight is 403 g/mol. The highest BCUT2D eigenvalue weighted by atomic mass is 16.5. The number of Topliss-reactive ketones (excluding diaryl/α,β-unsaturated/α-hetero) is 1. The van der Waals surface area contributed by atoms with Crippen LogP contribution in [0.25, 0.3) is 0 Å². The minimum Gasteiger partial charge on any atom is -0.497 e. The molecule has 0 atom stereocenters. The SMILES string of the molecule is COc1ccc(Cn2cnc(C(C)=O)c(Oc3c(C)cc(C#N)cc3C)c2=O)cc1. The maximum Gasteiger partial charge on any atom is 0.297 e. The van der Waals surface area contributed by atoms with E-state index in [-0.39, 0.29) is 23.8 Å². The Balaban J connectivity index is 2.05. The second kappa shape index (κ2) is 8.62. The number of hydrogen-bond acceptors (Lipinski definition) is 6. The summed E-state index contributed by atoms with van der Waals surface area (Å²) in [5.74, 6) is 0.640. The van der Waals surface area contributed by atoms with Crippen molar-refractivity contribution in [2.24, 2.45) is 0 Å². The normalized spacial score (nSPS) is 10.4. The van der Waals surface area contributed by atoms with Crippen LogP contribution in [0.4, 0.5) is 0 Å². The van der Waals surface area contributed by atoms with Crippen LogP contribution in [0.1, 0.15) is 39.7 Å². The summed E-state index contributed by atoms with van der Waals surface area (Å²) in [4.78, 5) is 29.4. The van der Waals surface area contributed by atoms with Crippen molar-refractivity contribution in [2.45, 2.75) is 27.3 Å². The molecule has 0 N–H and O–H groups in total. The molecular formula is C23H21N3O4. The van der Waals surface area contributed by atoms with Crippen molar-refractivity contribution < 1.29 is 14.3 Å². The Labute approximate surface area is 174 Å². The van der Waals surface area contributed by atoms with Gasteiger partial charge in [-0.25, -0.2) is 4.98 Å². The molecule has 0 radical (unpaired) electrons. The van der Waals surface area contributed by atoms with Crippen molar-refractivity contribution in [2.75, 3.05) is 7.11 Å². The first-order chi connectivity index (χ1) is 14.3. The molecule has 1 aromatic heterocycles.